The predicted octanol–water partition coefficient (Wildman–Crippen LogP) is 3.05. The van der Waals surface area contributed by atoms with Crippen LogP contribution in [0, 0.1) is 0 Å². The number of benzene rings is 1. The number of para-hydroxylation sites is 1. The van der Waals surface area contributed by atoms with Crippen LogP contribution < -0.4 is 10.1 Å². The largest absolute Gasteiger partial charge is 0.496 e. The molecule has 3 nitrogen and oxygen atoms in total. The van der Waals surface area contributed by atoms with Crippen molar-refractivity contribution in [2.45, 2.75) is 51.7 Å². The number of hydrogen-bond donors (Lipinski definition) is 1. The van der Waals surface area contributed by atoms with E-state index in [1.54, 1.807) is 7.11 Å². The smallest absolute Gasteiger partial charge is 0.123 e. The van der Waals surface area contributed by atoms with E-state index >= 15 is 0 Å². The van der Waals surface area contributed by atoms with Gasteiger partial charge in [-0.25, -0.2) is 0 Å². The van der Waals surface area contributed by atoms with Crippen LogP contribution >= 0.6 is 0 Å². The Morgan fingerprint density at radius 1 is 1.30 bits per heavy atom. The van der Waals surface area contributed by atoms with Gasteiger partial charge in [0, 0.05) is 30.7 Å². The van der Waals surface area contributed by atoms with Crippen LogP contribution in [0.1, 0.15) is 38.7 Å². The maximum absolute atomic E-state index is 5.47. The Balaban J connectivity index is 2.01. The van der Waals surface area contributed by atoms with Crippen molar-refractivity contribution in [1.82, 2.24) is 10.2 Å². The van der Waals surface area contributed by atoms with Gasteiger partial charge in [-0.1, -0.05) is 24.6 Å². The molecular formula is C17H28N2O. The minimum absolute atomic E-state index is 0.545. The highest BCUT2D eigenvalue weighted by atomic mass is 16.5. The van der Waals surface area contributed by atoms with Gasteiger partial charge in [0.2, 0.25) is 0 Å². The first-order chi connectivity index (χ1) is 9.70. The van der Waals surface area contributed by atoms with Crippen molar-refractivity contribution in [1.29, 1.82) is 0 Å². The van der Waals surface area contributed by atoms with E-state index in [1.807, 2.05) is 12.1 Å². The Kier molecular flexibility index (Phi) is 5.86. The molecule has 0 aliphatic carbocycles. The van der Waals surface area contributed by atoms with E-state index in [0.29, 0.717) is 12.1 Å². The molecule has 0 saturated carbocycles. The van der Waals surface area contributed by atoms with Crippen LogP contribution in [0.5, 0.6) is 5.75 Å². The molecule has 1 unspecified atom stereocenters. The lowest BCUT2D eigenvalue weighted by atomic mass is 10.0. The monoisotopic (exact) mass is 276 g/mol. The molecule has 1 atom stereocenters. The van der Waals surface area contributed by atoms with E-state index in [4.69, 9.17) is 4.74 Å². The number of ether oxygens (including phenoxy) is 1. The summed E-state index contributed by atoms with van der Waals surface area (Å²) in [6.45, 7) is 7.80. The summed E-state index contributed by atoms with van der Waals surface area (Å²) in [5.74, 6) is 0.995. The van der Waals surface area contributed by atoms with Gasteiger partial charge >= 0.3 is 0 Å². The Bertz CT molecular complexity index is 400. The van der Waals surface area contributed by atoms with Crippen LogP contribution in [0.4, 0.5) is 0 Å². The lowest BCUT2D eigenvalue weighted by Gasteiger charge is -2.33. The molecule has 0 radical (unpaired) electrons. The van der Waals surface area contributed by atoms with Crippen molar-refractivity contribution < 1.29 is 4.74 Å². The summed E-state index contributed by atoms with van der Waals surface area (Å²) in [7, 11) is 1.75. The van der Waals surface area contributed by atoms with Crippen molar-refractivity contribution in [3.8, 4) is 5.75 Å². The molecule has 1 aliphatic rings. The summed E-state index contributed by atoms with van der Waals surface area (Å²) in [5.41, 5.74) is 1.28. The van der Waals surface area contributed by atoms with E-state index < -0.39 is 0 Å². The topological polar surface area (TPSA) is 24.5 Å². The normalized spacial score (nSPS) is 19.6. The molecule has 0 spiro atoms. The maximum Gasteiger partial charge on any atom is 0.123 e. The molecule has 112 valence electrons. The third kappa shape index (κ3) is 4.22. The number of piperidine rings is 1. The van der Waals surface area contributed by atoms with Crippen LogP contribution in [-0.4, -0.2) is 37.2 Å². The molecule has 1 heterocycles. The lowest BCUT2D eigenvalue weighted by Crippen LogP contribution is -2.45. The summed E-state index contributed by atoms with van der Waals surface area (Å²) in [6, 6.07) is 9.53. The molecule has 1 fully saturated rings. The first-order valence-electron chi connectivity index (χ1n) is 7.80. The zero-order valence-electron chi connectivity index (χ0n) is 13.1. The van der Waals surface area contributed by atoms with Crippen molar-refractivity contribution in [2.75, 3.05) is 20.2 Å². The number of nitrogens with zero attached hydrogens (tertiary/aromatic N) is 1. The Morgan fingerprint density at radius 3 is 2.75 bits per heavy atom. The highest BCUT2D eigenvalue weighted by Gasteiger charge is 2.19. The number of methoxy groups -OCH3 is 1. The highest BCUT2D eigenvalue weighted by Crippen LogP contribution is 2.21. The molecule has 3 heteroatoms. The van der Waals surface area contributed by atoms with Gasteiger partial charge in [-0.15, -0.1) is 0 Å². The van der Waals surface area contributed by atoms with E-state index in [-0.39, 0.29) is 0 Å². The number of rotatable bonds is 6. The average molecular weight is 276 g/mol. The van der Waals surface area contributed by atoms with E-state index in [9.17, 15) is 0 Å². The summed E-state index contributed by atoms with van der Waals surface area (Å²) >= 11 is 0. The molecular weight excluding hydrogens is 248 g/mol. The zero-order valence-corrected chi connectivity index (χ0v) is 13.1. The number of nitrogens with one attached hydrogen (secondary N) is 1. The minimum Gasteiger partial charge on any atom is -0.496 e. The second-order valence-electron chi connectivity index (χ2n) is 5.98. The van der Waals surface area contributed by atoms with Gasteiger partial charge in [-0.2, -0.15) is 0 Å². The second-order valence-corrected chi connectivity index (χ2v) is 5.98. The second kappa shape index (κ2) is 7.65. The molecule has 0 bridgehead atoms. The minimum atomic E-state index is 0.545. The van der Waals surface area contributed by atoms with Gasteiger partial charge in [0.1, 0.15) is 5.75 Å². The average Bonchev–Trinajstić information content (AvgIpc) is 2.48. The highest BCUT2D eigenvalue weighted by molar-refractivity contribution is 5.33. The molecule has 0 amide bonds. The van der Waals surface area contributed by atoms with Crippen molar-refractivity contribution in [2.24, 2.45) is 0 Å². The van der Waals surface area contributed by atoms with E-state index in [2.05, 4.69) is 36.2 Å². The SMILES string of the molecule is COc1ccccc1CN(CC1CCCCN1)C(C)C. The summed E-state index contributed by atoms with van der Waals surface area (Å²) in [5, 5.41) is 3.65. The predicted molar refractivity (Wildman–Crippen MR) is 84.2 cm³/mol. The van der Waals surface area contributed by atoms with Crippen LogP contribution in [0.25, 0.3) is 0 Å². The van der Waals surface area contributed by atoms with E-state index in [1.165, 1.54) is 31.4 Å². The van der Waals surface area contributed by atoms with Gasteiger partial charge < -0.3 is 10.1 Å². The van der Waals surface area contributed by atoms with Crippen LogP contribution in [-0.2, 0) is 6.54 Å². The molecule has 1 N–H and O–H groups in total. The lowest BCUT2D eigenvalue weighted by molar-refractivity contribution is 0.175. The molecule has 0 aromatic heterocycles. The molecule has 2 rings (SSSR count). The third-order valence-electron chi connectivity index (χ3n) is 4.16. The van der Waals surface area contributed by atoms with Crippen LogP contribution in [0.15, 0.2) is 24.3 Å². The summed E-state index contributed by atoms with van der Waals surface area (Å²) in [6.07, 6.45) is 3.98. The molecule has 1 aromatic rings. The Labute approximate surface area is 123 Å². The first-order valence-corrected chi connectivity index (χ1v) is 7.80. The molecule has 20 heavy (non-hydrogen) atoms. The fourth-order valence-electron chi connectivity index (χ4n) is 2.87. The third-order valence-corrected chi connectivity index (χ3v) is 4.16. The zero-order chi connectivity index (χ0) is 14.4. The molecule has 1 aliphatic heterocycles. The summed E-state index contributed by atoms with van der Waals surface area (Å²) in [4.78, 5) is 2.54. The van der Waals surface area contributed by atoms with Gasteiger partial charge in [0.05, 0.1) is 7.11 Å². The Morgan fingerprint density at radius 2 is 2.10 bits per heavy atom. The fraction of sp³-hybridized carbons (Fsp3) is 0.647. The maximum atomic E-state index is 5.47. The quantitative estimate of drug-likeness (QED) is 0.864. The van der Waals surface area contributed by atoms with E-state index in [0.717, 1.165) is 18.8 Å². The van der Waals surface area contributed by atoms with Crippen molar-refractivity contribution >= 4 is 0 Å². The Hall–Kier alpha value is -1.06. The fourth-order valence-corrected chi connectivity index (χ4v) is 2.87. The first kappa shape index (κ1) is 15.3. The van der Waals surface area contributed by atoms with Crippen molar-refractivity contribution in [3.63, 3.8) is 0 Å². The number of hydrogen-bond acceptors (Lipinski definition) is 3. The summed E-state index contributed by atoms with van der Waals surface area (Å²) < 4.78 is 5.47. The van der Waals surface area contributed by atoms with Crippen LogP contribution in [0.3, 0.4) is 0 Å². The molecule has 1 aromatic carbocycles. The molecule has 1 saturated heterocycles. The van der Waals surface area contributed by atoms with Crippen molar-refractivity contribution in [3.05, 3.63) is 29.8 Å². The van der Waals surface area contributed by atoms with Gasteiger partial charge in [-0.05, 0) is 39.3 Å². The van der Waals surface area contributed by atoms with Gasteiger partial charge in [-0.3, -0.25) is 4.90 Å². The van der Waals surface area contributed by atoms with Gasteiger partial charge in [0.25, 0.3) is 0 Å². The van der Waals surface area contributed by atoms with Gasteiger partial charge in [0.15, 0.2) is 0 Å². The van der Waals surface area contributed by atoms with Crippen LogP contribution in [0.2, 0.25) is 0 Å². The standard InChI is InChI=1S/C17H28N2O/c1-14(2)19(13-16-9-6-7-11-18-16)12-15-8-4-5-10-17(15)20-3/h4-5,8,10,14,16,18H,6-7,9,11-13H2,1-3H3.